The second-order valence-electron chi connectivity index (χ2n) is 5.35. The molecule has 0 spiro atoms. The van der Waals surface area contributed by atoms with E-state index < -0.39 is 24.5 Å². The molecule has 142 valence electrons. The van der Waals surface area contributed by atoms with E-state index in [0.717, 1.165) is 7.11 Å². The Morgan fingerprint density at radius 2 is 2.04 bits per heavy atom. The fourth-order valence-electron chi connectivity index (χ4n) is 2.16. The number of amides is 2. The molecule has 2 rings (SSSR count). The van der Waals surface area contributed by atoms with Crippen molar-refractivity contribution in [1.29, 1.82) is 0 Å². The highest BCUT2D eigenvalue weighted by molar-refractivity contribution is 7.14. The molecule has 8 nitrogen and oxygen atoms in total. The van der Waals surface area contributed by atoms with E-state index in [2.05, 4.69) is 15.0 Å². The largest absolute Gasteiger partial charge is 0.467 e. The summed E-state index contributed by atoms with van der Waals surface area (Å²) in [6, 6.07) is 7.96. The van der Waals surface area contributed by atoms with Gasteiger partial charge in [0, 0.05) is 18.4 Å². The van der Waals surface area contributed by atoms with Gasteiger partial charge in [0.15, 0.2) is 11.2 Å². The molecule has 9 heteroatoms. The number of aliphatic hydroxyl groups is 1. The Labute approximate surface area is 160 Å². The summed E-state index contributed by atoms with van der Waals surface area (Å²) in [6.07, 6.45) is 2.63. The highest BCUT2D eigenvalue weighted by atomic mass is 32.1. The third-order valence-corrected chi connectivity index (χ3v) is 4.26. The molecule has 0 aliphatic carbocycles. The van der Waals surface area contributed by atoms with Crippen molar-refractivity contribution in [2.75, 3.05) is 18.6 Å². The topological polar surface area (TPSA) is 109 Å². The summed E-state index contributed by atoms with van der Waals surface area (Å²) in [5.74, 6) is -1.51. The maximum atomic E-state index is 12.0. The van der Waals surface area contributed by atoms with Crippen LogP contribution in [0.3, 0.4) is 0 Å². The number of para-hydroxylation sites is 1. The Kier molecular flexibility index (Phi) is 7.21. The Morgan fingerprint density at radius 3 is 2.63 bits per heavy atom. The number of nitrogens with one attached hydrogen (secondary N) is 1. The number of hydrogen-bond donors (Lipinski definition) is 2. The fraction of sp³-hybridized carbons (Fsp3) is 0.222. The number of hydrogen-bond acceptors (Lipinski definition) is 7. The van der Waals surface area contributed by atoms with Gasteiger partial charge in [-0.1, -0.05) is 18.2 Å². The van der Waals surface area contributed by atoms with Crippen LogP contribution in [0.1, 0.15) is 12.6 Å². The normalized spacial score (nSPS) is 11.8. The first-order valence-electron chi connectivity index (χ1n) is 7.94. The number of methoxy groups -OCH3 is 1. The molecular weight excluding hydrogens is 370 g/mol. The van der Waals surface area contributed by atoms with Crippen LogP contribution >= 0.6 is 11.3 Å². The summed E-state index contributed by atoms with van der Waals surface area (Å²) in [5, 5.41) is 13.6. The third kappa shape index (κ3) is 5.47. The summed E-state index contributed by atoms with van der Waals surface area (Å²) in [7, 11) is 1.16. The number of nitrogens with zero attached hydrogens (tertiary/aromatic N) is 2. The average Bonchev–Trinajstić information content (AvgIpc) is 3.13. The van der Waals surface area contributed by atoms with E-state index in [1.807, 2.05) is 18.2 Å². The van der Waals surface area contributed by atoms with Crippen LogP contribution in [0.4, 0.5) is 10.8 Å². The van der Waals surface area contributed by atoms with Crippen LogP contribution in [0.5, 0.6) is 0 Å². The van der Waals surface area contributed by atoms with Gasteiger partial charge in [0.1, 0.15) is 0 Å². The highest BCUT2D eigenvalue weighted by Crippen LogP contribution is 2.28. The van der Waals surface area contributed by atoms with Crippen molar-refractivity contribution in [3.05, 3.63) is 47.5 Å². The number of carbonyl (C=O) groups excluding carboxylic acids is 3. The molecule has 0 fully saturated rings. The number of ether oxygens (including phenoxy) is 1. The van der Waals surface area contributed by atoms with Gasteiger partial charge in [-0.2, -0.15) is 0 Å². The standard InChI is InChI=1S/C18H19N3O5S/c1-12(23)21(14-6-4-3-5-7-14)18-19-13(11-27-18)8-9-16(24)20-15(10-22)17(25)26-2/h3-9,11,15,22H,10H2,1-2H3,(H,20,24)/b9-8+/t15-/m0/s1. The maximum Gasteiger partial charge on any atom is 0.330 e. The fourth-order valence-corrected chi connectivity index (χ4v) is 3.02. The van der Waals surface area contributed by atoms with Crippen LogP contribution in [0.15, 0.2) is 41.8 Å². The summed E-state index contributed by atoms with van der Waals surface area (Å²) < 4.78 is 4.48. The average molecular weight is 389 g/mol. The Morgan fingerprint density at radius 1 is 1.33 bits per heavy atom. The molecule has 2 N–H and O–H groups in total. The minimum Gasteiger partial charge on any atom is -0.467 e. The van der Waals surface area contributed by atoms with Crippen LogP contribution in [0.2, 0.25) is 0 Å². The van der Waals surface area contributed by atoms with Crippen LogP contribution in [0, 0.1) is 0 Å². The van der Waals surface area contributed by atoms with E-state index in [0.29, 0.717) is 16.5 Å². The van der Waals surface area contributed by atoms with Crippen LogP contribution < -0.4 is 10.2 Å². The van der Waals surface area contributed by atoms with Gasteiger partial charge in [-0.3, -0.25) is 14.5 Å². The molecule has 0 unspecified atom stereocenters. The predicted octanol–water partition coefficient (Wildman–Crippen LogP) is 1.49. The van der Waals surface area contributed by atoms with Gasteiger partial charge in [-0.05, 0) is 18.2 Å². The number of benzene rings is 1. The Hall–Kier alpha value is -3.04. The van der Waals surface area contributed by atoms with Crippen LogP contribution in [0.25, 0.3) is 6.08 Å². The quantitative estimate of drug-likeness (QED) is 0.549. The monoisotopic (exact) mass is 389 g/mol. The molecule has 0 saturated heterocycles. The molecule has 1 aromatic heterocycles. The number of aliphatic hydroxyl groups excluding tert-OH is 1. The molecule has 0 aliphatic heterocycles. The number of carbonyl (C=O) groups is 3. The zero-order valence-electron chi connectivity index (χ0n) is 14.8. The van der Waals surface area contributed by atoms with Crippen molar-refractivity contribution in [2.45, 2.75) is 13.0 Å². The van der Waals surface area contributed by atoms with Crippen molar-refractivity contribution in [2.24, 2.45) is 0 Å². The van der Waals surface area contributed by atoms with Crippen molar-refractivity contribution >= 4 is 46.0 Å². The van der Waals surface area contributed by atoms with E-state index in [4.69, 9.17) is 5.11 Å². The second kappa shape index (κ2) is 9.60. The summed E-state index contributed by atoms with van der Waals surface area (Å²) in [4.78, 5) is 41.1. The first-order valence-corrected chi connectivity index (χ1v) is 8.82. The molecule has 0 saturated carbocycles. The molecule has 1 heterocycles. The van der Waals surface area contributed by atoms with Gasteiger partial charge in [-0.15, -0.1) is 11.3 Å². The molecule has 2 amide bonds. The first-order chi connectivity index (χ1) is 13.0. The van der Waals surface area contributed by atoms with E-state index in [9.17, 15) is 14.4 Å². The lowest BCUT2D eigenvalue weighted by Gasteiger charge is -2.17. The van der Waals surface area contributed by atoms with Crippen molar-refractivity contribution < 1.29 is 24.2 Å². The minimum absolute atomic E-state index is 0.187. The molecule has 1 atom stereocenters. The molecule has 27 heavy (non-hydrogen) atoms. The van der Waals surface area contributed by atoms with Gasteiger partial charge in [0.2, 0.25) is 11.8 Å². The zero-order valence-corrected chi connectivity index (χ0v) is 15.6. The van der Waals surface area contributed by atoms with Crippen molar-refractivity contribution in [3.63, 3.8) is 0 Å². The van der Waals surface area contributed by atoms with Crippen LogP contribution in [-0.2, 0) is 19.1 Å². The summed E-state index contributed by atoms with van der Waals surface area (Å²) >= 11 is 1.26. The third-order valence-electron chi connectivity index (χ3n) is 3.42. The van der Waals surface area contributed by atoms with E-state index in [1.165, 1.54) is 35.3 Å². The van der Waals surface area contributed by atoms with Crippen molar-refractivity contribution in [1.82, 2.24) is 10.3 Å². The maximum absolute atomic E-state index is 12.0. The lowest BCUT2D eigenvalue weighted by Crippen LogP contribution is -2.43. The summed E-state index contributed by atoms with van der Waals surface area (Å²) in [6.45, 7) is 0.872. The van der Waals surface area contributed by atoms with Gasteiger partial charge in [0.25, 0.3) is 0 Å². The number of esters is 1. The number of rotatable bonds is 7. The lowest BCUT2D eigenvalue weighted by molar-refractivity contribution is -0.145. The molecular formula is C18H19N3O5S. The molecule has 1 aromatic carbocycles. The molecule has 0 radical (unpaired) electrons. The second-order valence-corrected chi connectivity index (χ2v) is 6.18. The zero-order chi connectivity index (χ0) is 19.8. The summed E-state index contributed by atoms with van der Waals surface area (Å²) in [5.41, 5.74) is 1.17. The smallest absolute Gasteiger partial charge is 0.330 e. The highest BCUT2D eigenvalue weighted by Gasteiger charge is 2.19. The number of thiazole rings is 1. The number of anilines is 2. The Bertz CT molecular complexity index is 835. The molecule has 0 bridgehead atoms. The van der Waals surface area contributed by atoms with Gasteiger partial charge in [-0.25, -0.2) is 9.78 Å². The van der Waals surface area contributed by atoms with Crippen LogP contribution in [-0.4, -0.2) is 47.6 Å². The first kappa shape index (κ1) is 20.3. The molecule has 0 aliphatic rings. The minimum atomic E-state index is -1.13. The molecule has 2 aromatic rings. The van der Waals surface area contributed by atoms with Gasteiger partial charge in [0.05, 0.1) is 25.1 Å². The van der Waals surface area contributed by atoms with E-state index in [1.54, 1.807) is 17.5 Å². The van der Waals surface area contributed by atoms with Gasteiger partial charge >= 0.3 is 5.97 Å². The van der Waals surface area contributed by atoms with Gasteiger partial charge < -0.3 is 15.2 Å². The predicted molar refractivity (Wildman–Crippen MR) is 101 cm³/mol. The lowest BCUT2D eigenvalue weighted by atomic mass is 10.3. The van der Waals surface area contributed by atoms with E-state index in [-0.39, 0.29) is 5.91 Å². The number of aromatic nitrogens is 1. The van der Waals surface area contributed by atoms with Crippen molar-refractivity contribution in [3.8, 4) is 0 Å². The van der Waals surface area contributed by atoms with E-state index >= 15 is 0 Å². The Balaban J connectivity index is 2.10. The SMILES string of the molecule is COC(=O)[C@H](CO)NC(=O)/C=C/c1csc(N(C(C)=O)c2ccccc2)n1.